The molecule has 0 saturated heterocycles. The smallest absolute Gasteiger partial charge is 0.429 e. The third-order valence-electron chi connectivity index (χ3n) is 7.51. The van der Waals surface area contributed by atoms with Crippen molar-refractivity contribution in [1.82, 2.24) is 0 Å². The molecule has 47 heavy (non-hydrogen) atoms. The molecular weight excluding hydrogens is 628 g/mol. The fourth-order valence-corrected chi connectivity index (χ4v) is 5.11. The maximum atomic E-state index is 15.2. The number of hydrogen-bond acceptors (Lipinski definition) is 2. The van der Waals surface area contributed by atoms with Crippen molar-refractivity contribution in [1.29, 1.82) is 0 Å². The standard InChI is InChI=1S/C37H28F8O2/c1-2-3-4-5-23-6-18-31(33(39)20-23)36(41,42)46-29-15-11-25(12-16-29)27-13-17-30(32(38)21-27)26-9-7-24(8-10-26)28-14-19-35(34(40)22-28)47-37(43,44)45/h6-22H,2-5H2,1H3. The minimum atomic E-state index is -5.03. The Hall–Kier alpha value is -4.86. The van der Waals surface area contributed by atoms with Crippen molar-refractivity contribution in [2.45, 2.75) is 45.1 Å². The zero-order valence-corrected chi connectivity index (χ0v) is 25.0. The highest BCUT2D eigenvalue weighted by molar-refractivity contribution is 5.74. The van der Waals surface area contributed by atoms with E-state index in [1.54, 1.807) is 30.3 Å². The number of halogens is 8. The van der Waals surface area contributed by atoms with E-state index in [0.717, 1.165) is 43.5 Å². The molecule has 5 rings (SSSR count). The Bertz CT molecular complexity index is 1830. The van der Waals surface area contributed by atoms with Crippen molar-refractivity contribution in [3.05, 3.63) is 132 Å². The monoisotopic (exact) mass is 656 g/mol. The fourth-order valence-electron chi connectivity index (χ4n) is 5.11. The molecule has 0 aromatic heterocycles. The SMILES string of the molecule is CCCCCc1ccc(C(F)(F)Oc2ccc(-c3ccc(-c4ccc(-c5ccc(OC(F)(F)F)c(F)c5)cc4)c(F)c3)cc2)c(F)c1. The molecule has 0 heterocycles. The summed E-state index contributed by atoms with van der Waals surface area (Å²) in [5, 5.41) is 0. The van der Waals surface area contributed by atoms with Crippen LogP contribution in [0, 0.1) is 17.5 Å². The van der Waals surface area contributed by atoms with Crippen LogP contribution >= 0.6 is 0 Å². The van der Waals surface area contributed by atoms with E-state index in [2.05, 4.69) is 4.74 Å². The zero-order chi connectivity index (χ0) is 33.8. The van der Waals surface area contributed by atoms with Crippen LogP contribution in [0.5, 0.6) is 11.5 Å². The average Bonchev–Trinajstić information content (AvgIpc) is 3.02. The van der Waals surface area contributed by atoms with E-state index in [4.69, 9.17) is 4.74 Å². The van der Waals surface area contributed by atoms with Crippen LogP contribution in [0.4, 0.5) is 35.1 Å². The summed E-state index contributed by atoms with van der Waals surface area (Å²) >= 11 is 0. The minimum Gasteiger partial charge on any atom is -0.429 e. The van der Waals surface area contributed by atoms with Gasteiger partial charge in [-0.25, -0.2) is 13.2 Å². The van der Waals surface area contributed by atoms with Gasteiger partial charge in [0.15, 0.2) is 11.6 Å². The lowest BCUT2D eigenvalue weighted by molar-refractivity contribution is -0.275. The predicted molar refractivity (Wildman–Crippen MR) is 163 cm³/mol. The Morgan fingerprint density at radius 1 is 0.532 bits per heavy atom. The molecule has 0 bridgehead atoms. The summed E-state index contributed by atoms with van der Waals surface area (Å²) in [5.74, 6) is -3.96. The van der Waals surface area contributed by atoms with Crippen LogP contribution in [0.25, 0.3) is 33.4 Å². The molecule has 5 aromatic carbocycles. The Morgan fingerprint density at radius 3 is 1.68 bits per heavy atom. The van der Waals surface area contributed by atoms with E-state index in [1.807, 2.05) is 6.92 Å². The van der Waals surface area contributed by atoms with Gasteiger partial charge in [0.2, 0.25) is 0 Å². The van der Waals surface area contributed by atoms with Crippen molar-refractivity contribution in [3.63, 3.8) is 0 Å². The Labute approximate surface area is 266 Å². The first-order valence-electron chi connectivity index (χ1n) is 14.7. The third-order valence-corrected chi connectivity index (χ3v) is 7.51. The molecule has 0 saturated carbocycles. The number of alkyl halides is 5. The first-order chi connectivity index (χ1) is 22.3. The summed E-state index contributed by atoms with van der Waals surface area (Å²) in [6.45, 7) is 2.04. The molecule has 0 spiro atoms. The van der Waals surface area contributed by atoms with E-state index in [-0.39, 0.29) is 11.3 Å². The second kappa shape index (κ2) is 13.9. The van der Waals surface area contributed by atoms with Crippen molar-refractivity contribution < 1.29 is 44.6 Å². The summed E-state index contributed by atoms with van der Waals surface area (Å²) in [4.78, 5) is 0. The van der Waals surface area contributed by atoms with E-state index in [9.17, 15) is 30.7 Å². The van der Waals surface area contributed by atoms with Gasteiger partial charge in [-0.3, -0.25) is 0 Å². The second-order valence-electron chi connectivity index (χ2n) is 10.9. The summed E-state index contributed by atoms with van der Waals surface area (Å²) in [6.07, 6.45) is -5.56. The molecule has 244 valence electrons. The van der Waals surface area contributed by atoms with Crippen LogP contribution in [0.1, 0.15) is 37.3 Å². The lowest BCUT2D eigenvalue weighted by atomic mass is 9.97. The average molecular weight is 657 g/mol. The molecule has 0 amide bonds. The number of rotatable bonds is 11. The number of unbranched alkanes of at least 4 members (excludes halogenated alkanes) is 2. The van der Waals surface area contributed by atoms with Crippen LogP contribution in [-0.4, -0.2) is 6.36 Å². The van der Waals surface area contributed by atoms with Gasteiger partial charge in [-0.2, -0.15) is 8.78 Å². The summed E-state index contributed by atoms with van der Waals surface area (Å²) in [7, 11) is 0. The summed E-state index contributed by atoms with van der Waals surface area (Å²) in [5.41, 5.74) is 2.27. The topological polar surface area (TPSA) is 18.5 Å². The Morgan fingerprint density at radius 2 is 1.11 bits per heavy atom. The van der Waals surface area contributed by atoms with Gasteiger partial charge in [-0.05, 0) is 88.7 Å². The highest BCUT2D eigenvalue weighted by Gasteiger charge is 2.37. The predicted octanol–water partition coefficient (Wildman–Crippen LogP) is 11.9. The third kappa shape index (κ3) is 8.30. The first-order valence-corrected chi connectivity index (χ1v) is 14.7. The first kappa shape index (κ1) is 33.5. The molecular formula is C37H28F8O2. The highest BCUT2D eigenvalue weighted by Crippen LogP contribution is 2.36. The number of aryl methyl sites for hydroxylation is 1. The van der Waals surface area contributed by atoms with E-state index in [0.29, 0.717) is 39.8 Å². The van der Waals surface area contributed by atoms with Gasteiger partial charge in [-0.1, -0.05) is 80.4 Å². The number of ether oxygens (including phenoxy) is 2. The van der Waals surface area contributed by atoms with Crippen molar-refractivity contribution in [3.8, 4) is 44.9 Å². The molecule has 0 aliphatic carbocycles. The summed E-state index contributed by atoms with van der Waals surface area (Å²) in [6, 6.07) is 23.0. The molecule has 0 atom stereocenters. The lowest BCUT2D eigenvalue weighted by Crippen LogP contribution is -2.23. The van der Waals surface area contributed by atoms with Crippen LogP contribution in [-0.2, 0) is 12.5 Å². The van der Waals surface area contributed by atoms with E-state index >= 15 is 4.39 Å². The molecule has 0 radical (unpaired) electrons. The van der Waals surface area contributed by atoms with E-state index in [1.165, 1.54) is 48.5 Å². The number of benzene rings is 5. The van der Waals surface area contributed by atoms with Crippen LogP contribution in [0.3, 0.4) is 0 Å². The van der Waals surface area contributed by atoms with Gasteiger partial charge in [0.25, 0.3) is 0 Å². The molecule has 0 aliphatic rings. The largest absolute Gasteiger partial charge is 0.573 e. The lowest BCUT2D eigenvalue weighted by Gasteiger charge is -2.19. The molecule has 0 aliphatic heterocycles. The van der Waals surface area contributed by atoms with Crippen molar-refractivity contribution in [2.75, 3.05) is 0 Å². The normalized spacial score (nSPS) is 11.9. The molecule has 5 aromatic rings. The van der Waals surface area contributed by atoms with Crippen molar-refractivity contribution in [2.24, 2.45) is 0 Å². The molecule has 10 heteroatoms. The number of hydrogen-bond donors (Lipinski definition) is 0. The quantitative estimate of drug-likeness (QED) is 0.104. The van der Waals surface area contributed by atoms with Gasteiger partial charge < -0.3 is 9.47 Å². The molecule has 0 fully saturated rings. The van der Waals surface area contributed by atoms with Gasteiger partial charge in [0.05, 0.1) is 5.56 Å². The Balaban J connectivity index is 1.26. The minimum absolute atomic E-state index is 0.204. The summed E-state index contributed by atoms with van der Waals surface area (Å²) < 4.78 is 119. The van der Waals surface area contributed by atoms with Gasteiger partial charge in [0, 0.05) is 5.56 Å². The van der Waals surface area contributed by atoms with Crippen LogP contribution in [0.15, 0.2) is 103 Å². The van der Waals surface area contributed by atoms with Crippen LogP contribution in [0.2, 0.25) is 0 Å². The second-order valence-corrected chi connectivity index (χ2v) is 10.9. The Kier molecular flexibility index (Phi) is 9.88. The molecule has 2 nitrogen and oxygen atoms in total. The maximum Gasteiger partial charge on any atom is 0.573 e. The van der Waals surface area contributed by atoms with Gasteiger partial charge in [0.1, 0.15) is 17.4 Å². The maximum absolute atomic E-state index is 15.2. The zero-order valence-electron chi connectivity index (χ0n) is 25.0. The highest BCUT2D eigenvalue weighted by atomic mass is 19.4. The molecule has 0 N–H and O–H groups in total. The molecule has 0 unspecified atom stereocenters. The van der Waals surface area contributed by atoms with Gasteiger partial charge in [-0.15, -0.1) is 13.2 Å². The van der Waals surface area contributed by atoms with Gasteiger partial charge >= 0.3 is 12.5 Å². The van der Waals surface area contributed by atoms with Crippen LogP contribution < -0.4 is 9.47 Å². The fraction of sp³-hybridized carbons (Fsp3) is 0.189. The van der Waals surface area contributed by atoms with Crippen molar-refractivity contribution >= 4 is 0 Å². The van der Waals surface area contributed by atoms with E-state index < -0.39 is 41.2 Å².